The number of hydrogen-bond acceptors (Lipinski definition) is 3. The van der Waals surface area contributed by atoms with Crippen LogP contribution in [-0.2, 0) is 0 Å². The fourth-order valence-electron chi connectivity index (χ4n) is 1.84. The Bertz CT molecular complexity index is 343. The Morgan fingerprint density at radius 1 is 1.53 bits per heavy atom. The summed E-state index contributed by atoms with van der Waals surface area (Å²) in [6.07, 6.45) is 6.20. The Morgan fingerprint density at radius 2 is 2.40 bits per heavy atom. The minimum Gasteiger partial charge on any atom is -0.313 e. The fourth-order valence-corrected chi connectivity index (χ4v) is 1.84. The van der Waals surface area contributed by atoms with Crippen LogP contribution in [-0.4, -0.2) is 27.9 Å². The van der Waals surface area contributed by atoms with Gasteiger partial charge in [0.15, 0.2) is 5.82 Å². The molecule has 1 aliphatic rings. The first-order valence-corrected chi connectivity index (χ1v) is 5.57. The number of hydrogen-bond donors (Lipinski definition) is 1. The van der Waals surface area contributed by atoms with Gasteiger partial charge in [0.25, 0.3) is 0 Å². The lowest BCUT2D eigenvalue weighted by molar-refractivity contribution is 0.525. The van der Waals surface area contributed by atoms with Crippen molar-refractivity contribution < 1.29 is 0 Å². The van der Waals surface area contributed by atoms with Crippen molar-refractivity contribution in [2.45, 2.75) is 32.7 Å². The number of aromatic nitrogens is 3. The van der Waals surface area contributed by atoms with Crippen LogP contribution in [0.1, 0.15) is 38.6 Å². The molecule has 1 aromatic rings. The second-order valence-electron chi connectivity index (χ2n) is 4.24. The van der Waals surface area contributed by atoms with E-state index in [1.165, 1.54) is 18.4 Å². The van der Waals surface area contributed by atoms with Crippen molar-refractivity contribution in [3.05, 3.63) is 17.7 Å². The van der Waals surface area contributed by atoms with Crippen molar-refractivity contribution in [1.29, 1.82) is 0 Å². The Labute approximate surface area is 90.4 Å². The molecule has 82 valence electrons. The third-order valence-electron chi connectivity index (χ3n) is 2.63. The molecule has 0 bridgehead atoms. The first-order valence-electron chi connectivity index (χ1n) is 5.57. The van der Waals surface area contributed by atoms with Crippen LogP contribution in [0.2, 0.25) is 0 Å². The van der Waals surface area contributed by atoms with E-state index in [-0.39, 0.29) is 0 Å². The van der Waals surface area contributed by atoms with Gasteiger partial charge in [-0.05, 0) is 39.3 Å². The molecule has 1 saturated heterocycles. The van der Waals surface area contributed by atoms with E-state index in [2.05, 4.69) is 35.3 Å². The number of nitrogens with zero attached hydrogens (tertiary/aromatic N) is 3. The second-order valence-corrected chi connectivity index (χ2v) is 4.24. The van der Waals surface area contributed by atoms with E-state index in [9.17, 15) is 0 Å². The van der Waals surface area contributed by atoms with Gasteiger partial charge in [-0.1, -0.05) is 5.57 Å². The van der Waals surface area contributed by atoms with Gasteiger partial charge < -0.3 is 5.32 Å². The van der Waals surface area contributed by atoms with Gasteiger partial charge in [-0.3, -0.25) is 0 Å². The van der Waals surface area contributed by atoms with E-state index in [4.69, 9.17) is 0 Å². The highest BCUT2D eigenvalue weighted by Gasteiger charge is 2.08. The van der Waals surface area contributed by atoms with E-state index < -0.39 is 0 Å². The van der Waals surface area contributed by atoms with E-state index >= 15 is 0 Å². The highest BCUT2D eigenvalue weighted by atomic mass is 15.3. The average Bonchev–Trinajstić information content (AvgIpc) is 2.67. The van der Waals surface area contributed by atoms with E-state index in [0.29, 0.717) is 6.04 Å². The molecule has 4 heteroatoms. The van der Waals surface area contributed by atoms with E-state index in [0.717, 1.165) is 18.9 Å². The molecule has 1 aromatic heterocycles. The quantitative estimate of drug-likeness (QED) is 0.799. The predicted molar refractivity (Wildman–Crippen MR) is 60.5 cm³/mol. The normalized spacial score (nSPS) is 20.1. The molecule has 0 radical (unpaired) electrons. The number of rotatable bonds is 2. The minimum absolute atomic E-state index is 0.371. The molecule has 0 unspecified atom stereocenters. The van der Waals surface area contributed by atoms with Gasteiger partial charge in [-0.15, -0.1) is 0 Å². The maximum absolute atomic E-state index is 4.28. The SMILES string of the molecule is CC(C)n1ncnc1C=C1CCCNC1. The zero-order chi connectivity index (χ0) is 10.7. The predicted octanol–water partition coefficient (Wildman–Crippen LogP) is 1.63. The maximum Gasteiger partial charge on any atom is 0.150 e. The summed E-state index contributed by atoms with van der Waals surface area (Å²) in [5.74, 6) is 0.976. The summed E-state index contributed by atoms with van der Waals surface area (Å²) >= 11 is 0. The molecule has 15 heavy (non-hydrogen) atoms. The summed E-state index contributed by atoms with van der Waals surface area (Å²) in [7, 11) is 0. The summed E-state index contributed by atoms with van der Waals surface area (Å²) in [6, 6.07) is 0.371. The van der Waals surface area contributed by atoms with Gasteiger partial charge in [0.05, 0.1) is 0 Å². The van der Waals surface area contributed by atoms with E-state index in [1.807, 2.05) is 4.68 Å². The highest BCUT2D eigenvalue weighted by molar-refractivity contribution is 5.46. The van der Waals surface area contributed by atoms with Gasteiger partial charge in [0, 0.05) is 12.6 Å². The molecular formula is C11H18N4. The Balaban J connectivity index is 2.18. The van der Waals surface area contributed by atoms with Gasteiger partial charge in [0.1, 0.15) is 6.33 Å². The molecule has 2 rings (SSSR count). The minimum atomic E-state index is 0.371. The molecule has 4 nitrogen and oxygen atoms in total. The Morgan fingerprint density at radius 3 is 3.07 bits per heavy atom. The maximum atomic E-state index is 4.28. The smallest absolute Gasteiger partial charge is 0.150 e. The van der Waals surface area contributed by atoms with Gasteiger partial charge in [0.2, 0.25) is 0 Å². The van der Waals surface area contributed by atoms with Crippen LogP contribution in [0.25, 0.3) is 6.08 Å². The van der Waals surface area contributed by atoms with Gasteiger partial charge in [-0.25, -0.2) is 9.67 Å². The lowest BCUT2D eigenvalue weighted by Crippen LogP contribution is -2.23. The molecule has 0 aliphatic carbocycles. The van der Waals surface area contributed by atoms with Crippen molar-refractivity contribution in [3.63, 3.8) is 0 Å². The first kappa shape index (κ1) is 10.4. The van der Waals surface area contributed by atoms with E-state index in [1.54, 1.807) is 6.33 Å². The van der Waals surface area contributed by atoms with Crippen LogP contribution in [0.4, 0.5) is 0 Å². The molecule has 0 aromatic carbocycles. The van der Waals surface area contributed by atoms with Crippen molar-refractivity contribution in [3.8, 4) is 0 Å². The summed E-state index contributed by atoms with van der Waals surface area (Å²) in [6.45, 7) is 6.37. The van der Waals surface area contributed by atoms with Crippen LogP contribution in [0.5, 0.6) is 0 Å². The lowest BCUT2D eigenvalue weighted by atomic mass is 10.1. The van der Waals surface area contributed by atoms with Crippen molar-refractivity contribution >= 4 is 6.08 Å². The third kappa shape index (κ3) is 2.45. The van der Waals surface area contributed by atoms with Crippen LogP contribution in [0.3, 0.4) is 0 Å². The summed E-state index contributed by atoms with van der Waals surface area (Å²) in [5, 5.41) is 7.59. The lowest BCUT2D eigenvalue weighted by Gasteiger charge is -2.15. The third-order valence-corrected chi connectivity index (χ3v) is 2.63. The molecule has 2 heterocycles. The molecule has 1 N–H and O–H groups in total. The fraction of sp³-hybridized carbons (Fsp3) is 0.636. The Kier molecular flexibility index (Phi) is 3.16. The molecular weight excluding hydrogens is 188 g/mol. The zero-order valence-corrected chi connectivity index (χ0v) is 9.40. The largest absolute Gasteiger partial charge is 0.313 e. The standard InChI is InChI=1S/C11H18N4/c1-9(2)15-11(13-8-14-15)6-10-4-3-5-12-7-10/h6,8-9,12H,3-5,7H2,1-2H3. The van der Waals surface area contributed by atoms with Gasteiger partial charge in [-0.2, -0.15) is 5.10 Å². The van der Waals surface area contributed by atoms with Crippen molar-refractivity contribution in [2.75, 3.05) is 13.1 Å². The second kappa shape index (κ2) is 4.57. The molecule has 1 aliphatic heterocycles. The van der Waals surface area contributed by atoms with Crippen LogP contribution in [0.15, 0.2) is 11.9 Å². The molecule has 0 spiro atoms. The van der Waals surface area contributed by atoms with Crippen LogP contribution >= 0.6 is 0 Å². The number of nitrogens with one attached hydrogen (secondary N) is 1. The molecule has 0 atom stereocenters. The molecule has 0 saturated carbocycles. The summed E-state index contributed by atoms with van der Waals surface area (Å²) < 4.78 is 1.96. The highest BCUT2D eigenvalue weighted by Crippen LogP contribution is 2.14. The first-order chi connectivity index (χ1) is 7.27. The van der Waals surface area contributed by atoms with Crippen molar-refractivity contribution in [2.24, 2.45) is 0 Å². The number of piperidine rings is 1. The topological polar surface area (TPSA) is 42.7 Å². The van der Waals surface area contributed by atoms with Gasteiger partial charge >= 0.3 is 0 Å². The average molecular weight is 206 g/mol. The summed E-state index contributed by atoms with van der Waals surface area (Å²) in [5.41, 5.74) is 1.43. The van der Waals surface area contributed by atoms with Crippen LogP contribution in [0, 0.1) is 0 Å². The molecule has 1 fully saturated rings. The summed E-state index contributed by atoms with van der Waals surface area (Å²) in [4.78, 5) is 4.28. The Hall–Kier alpha value is -1.16. The monoisotopic (exact) mass is 206 g/mol. The molecule has 0 amide bonds. The van der Waals surface area contributed by atoms with Crippen molar-refractivity contribution in [1.82, 2.24) is 20.1 Å². The zero-order valence-electron chi connectivity index (χ0n) is 9.40. The van der Waals surface area contributed by atoms with Crippen LogP contribution < -0.4 is 5.32 Å².